The van der Waals surface area contributed by atoms with Crippen LogP contribution in [0, 0.1) is 22.7 Å². The third-order valence-electron chi connectivity index (χ3n) is 3.73. The average molecular weight is 206 g/mol. The van der Waals surface area contributed by atoms with Gasteiger partial charge >= 0.3 is 0 Å². The van der Waals surface area contributed by atoms with E-state index in [-0.39, 0.29) is 17.6 Å². The Morgan fingerprint density at radius 1 is 1.60 bits per heavy atom. The number of likely N-dealkylation sites (tertiary alicyclic amines) is 1. The number of hydrogen-bond acceptors (Lipinski definition) is 3. The monoisotopic (exact) mass is 206 g/mol. The summed E-state index contributed by atoms with van der Waals surface area (Å²) in [5.74, 6) is -0.0997. The highest BCUT2D eigenvalue weighted by Gasteiger charge is 2.59. The predicted molar refractivity (Wildman–Crippen MR) is 52.6 cm³/mol. The molecule has 1 saturated carbocycles. The molecule has 2 aliphatic rings. The standard InChI is InChI=1S/C11H14N2O2/c1-13-7-8(4-6-12)11(10(13)15)5-2-3-9(11)14/h8H,2-5,7H2,1H3/t8?,11-/m0/s1. The molecule has 0 aromatic heterocycles. The normalized spacial score (nSPS) is 35.2. The number of carbonyl (C=O) groups excluding carboxylic acids is 2. The first-order chi connectivity index (χ1) is 7.13. The molecule has 0 bridgehead atoms. The molecule has 0 aromatic rings. The molecule has 2 fully saturated rings. The molecule has 1 aliphatic heterocycles. The minimum Gasteiger partial charge on any atom is -0.345 e. The lowest BCUT2D eigenvalue weighted by Gasteiger charge is -2.24. The third kappa shape index (κ3) is 1.19. The quantitative estimate of drug-likeness (QED) is 0.594. The molecule has 2 atom stereocenters. The maximum absolute atomic E-state index is 12.0. The van der Waals surface area contributed by atoms with E-state index >= 15 is 0 Å². The first kappa shape index (κ1) is 10.2. The van der Waals surface area contributed by atoms with Gasteiger partial charge in [-0.3, -0.25) is 9.59 Å². The molecule has 0 aromatic carbocycles. The Morgan fingerprint density at radius 2 is 2.33 bits per heavy atom. The molecule has 1 spiro atoms. The zero-order chi connectivity index (χ0) is 11.1. The van der Waals surface area contributed by atoms with Crippen molar-refractivity contribution < 1.29 is 9.59 Å². The molecular weight excluding hydrogens is 192 g/mol. The molecular formula is C11H14N2O2. The number of ketones is 1. The second-order valence-electron chi connectivity index (χ2n) is 4.49. The maximum Gasteiger partial charge on any atom is 0.236 e. The van der Waals surface area contributed by atoms with Gasteiger partial charge < -0.3 is 4.90 Å². The van der Waals surface area contributed by atoms with E-state index in [1.54, 1.807) is 11.9 Å². The van der Waals surface area contributed by atoms with Crippen LogP contribution in [-0.2, 0) is 9.59 Å². The summed E-state index contributed by atoms with van der Waals surface area (Å²) < 4.78 is 0. The number of amides is 1. The van der Waals surface area contributed by atoms with Gasteiger partial charge in [0.15, 0.2) is 0 Å². The summed E-state index contributed by atoms with van der Waals surface area (Å²) in [5.41, 5.74) is -0.829. The second-order valence-corrected chi connectivity index (χ2v) is 4.49. The molecule has 1 heterocycles. The lowest BCUT2D eigenvalue weighted by Crippen LogP contribution is -2.39. The molecule has 15 heavy (non-hydrogen) atoms. The van der Waals surface area contributed by atoms with Crippen molar-refractivity contribution >= 4 is 11.7 Å². The topological polar surface area (TPSA) is 61.2 Å². The van der Waals surface area contributed by atoms with E-state index in [4.69, 9.17) is 5.26 Å². The molecule has 2 rings (SSSR count). The van der Waals surface area contributed by atoms with Gasteiger partial charge in [0, 0.05) is 32.4 Å². The number of rotatable bonds is 1. The van der Waals surface area contributed by atoms with Crippen molar-refractivity contribution in [3.8, 4) is 6.07 Å². The first-order valence-electron chi connectivity index (χ1n) is 5.28. The highest BCUT2D eigenvalue weighted by Crippen LogP contribution is 2.48. The zero-order valence-corrected chi connectivity index (χ0v) is 8.82. The van der Waals surface area contributed by atoms with Gasteiger partial charge in [-0.2, -0.15) is 5.26 Å². The highest BCUT2D eigenvalue weighted by atomic mass is 16.2. The van der Waals surface area contributed by atoms with Crippen LogP contribution in [0.5, 0.6) is 0 Å². The molecule has 4 heteroatoms. The Hall–Kier alpha value is -1.37. The predicted octanol–water partition coefficient (Wildman–Crippen LogP) is 0.728. The molecule has 4 nitrogen and oxygen atoms in total. The van der Waals surface area contributed by atoms with Crippen LogP contribution < -0.4 is 0 Å². The molecule has 0 radical (unpaired) electrons. The van der Waals surface area contributed by atoms with Crippen molar-refractivity contribution in [1.29, 1.82) is 5.26 Å². The van der Waals surface area contributed by atoms with Gasteiger partial charge in [-0.1, -0.05) is 0 Å². The van der Waals surface area contributed by atoms with E-state index in [0.717, 1.165) is 6.42 Å². The molecule has 1 aliphatic carbocycles. The van der Waals surface area contributed by atoms with Crippen molar-refractivity contribution in [2.24, 2.45) is 11.3 Å². The SMILES string of the molecule is CN1CC(CC#N)[C@]2(CCCC2=O)C1=O. The van der Waals surface area contributed by atoms with Crippen LogP contribution in [0.1, 0.15) is 25.7 Å². The van der Waals surface area contributed by atoms with Crippen LogP contribution in [0.2, 0.25) is 0 Å². The second kappa shape index (κ2) is 3.34. The van der Waals surface area contributed by atoms with Crippen molar-refractivity contribution in [1.82, 2.24) is 4.90 Å². The molecule has 1 amide bonds. The maximum atomic E-state index is 12.0. The fraction of sp³-hybridized carbons (Fsp3) is 0.727. The number of Topliss-reactive ketones (excluding diaryl/α,β-unsaturated/α-hetero) is 1. The van der Waals surface area contributed by atoms with Crippen LogP contribution in [-0.4, -0.2) is 30.2 Å². The molecule has 0 N–H and O–H groups in total. The van der Waals surface area contributed by atoms with Crippen molar-refractivity contribution in [2.45, 2.75) is 25.7 Å². The summed E-state index contributed by atoms with van der Waals surface area (Å²) in [4.78, 5) is 25.5. The van der Waals surface area contributed by atoms with Crippen LogP contribution >= 0.6 is 0 Å². The fourth-order valence-electron chi connectivity index (χ4n) is 2.98. The molecule has 80 valence electrons. The lowest BCUT2D eigenvalue weighted by molar-refractivity contribution is -0.142. The summed E-state index contributed by atoms with van der Waals surface area (Å²) in [5, 5.41) is 8.74. The van der Waals surface area contributed by atoms with Gasteiger partial charge in [-0.25, -0.2) is 0 Å². The number of hydrogen-bond donors (Lipinski definition) is 0. The average Bonchev–Trinajstić information content (AvgIpc) is 2.68. The first-order valence-corrected chi connectivity index (χ1v) is 5.28. The minimum atomic E-state index is -0.829. The largest absolute Gasteiger partial charge is 0.345 e. The van der Waals surface area contributed by atoms with Crippen LogP contribution in [0.3, 0.4) is 0 Å². The van der Waals surface area contributed by atoms with Gasteiger partial charge in [0.1, 0.15) is 11.2 Å². The Kier molecular flexibility index (Phi) is 2.26. The number of nitriles is 1. The van der Waals surface area contributed by atoms with Crippen molar-refractivity contribution in [3.05, 3.63) is 0 Å². The van der Waals surface area contributed by atoms with Crippen molar-refractivity contribution in [3.63, 3.8) is 0 Å². The zero-order valence-electron chi connectivity index (χ0n) is 8.82. The lowest BCUT2D eigenvalue weighted by atomic mass is 9.74. The summed E-state index contributed by atoms with van der Waals surface area (Å²) in [7, 11) is 1.72. The van der Waals surface area contributed by atoms with Gasteiger partial charge in [0.2, 0.25) is 5.91 Å². The summed E-state index contributed by atoms with van der Waals surface area (Å²) in [6, 6.07) is 2.09. The Bertz CT molecular complexity index is 358. The van der Waals surface area contributed by atoms with Crippen molar-refractivity contribution in [2.75, 3.05) is 13.6 Å². The van der Waals surface area contributed by atoms with Gasteiger partial charge in [-0.15, -0.1) is 0 Å². The Labute approximate surface area is 88.9 Å². The molecule has 1 unspecified atom stereocenters. The summed E-state index contributed by atoms with van der Waals surface area (Å²) in [6.07, 6.45) is 2.24. The summed E-state index contributed by atoms with van der Waals surface area (Å²) >= 11 is 0. The number of nitrogens with zero attached hydrogens (tertiary/aromatic N) is 2. The van der Waals surface area contributed by atoms with E-state index in [1.165, 1.54) is 0 Å². The third-order valence-corrected chi connectivity index (χ3v) is 3.73. The fourth-order valence-corrected chi connectivity index (χ4v) is 2.98. The van der Waals surface area contributed by atoms with E-state index in [1.807, 2.05) is 0 Å². The minimum absolute atomic E-state index is 0.0529. The molecule has 1 saturated heterocycles. The van der Waals surface area contributed by atoms with Crippen LogP contribution in [0.4, 0.5) is 0 Å². The Morgan fingerprint density at radius 3 is 2.87 bits per heavy atom. The van der Waals surface area contributed by atoms with Gasteiger partial charge in [-0.05, 0) is 12.8 Å². The van der Waals surface area contributed by atoms with E-state index in [2.05, 4.69) is 6.07 Å². The highest BCUT2D eigenvalue weighted by molar-refractivity contribution is 6.09. The van der Waals surface area contributed by atoms with Crippen LogP contribution in [0.25, 0.3) is 0 Å². The van der Waals surface area contributed by atoms with Gasteiger partial charge in [0.25, 0.3) is 0 Å². The Balaban J connectivity index is 2.37. The van der Waals surface area contributed by atoms with E-state index < -0.39 is 5.41 Å². The van der Waals surface area contributed by atoms with E-state index in [0.29, 0.717) is 25.8 Å². The summed E-state index contributed by atoms with van der Waals surface area (Å²) in [6.45, 7) is 0.554. The van der Waals surface area contributed by atoms with Crippen LogP contribution in [0.15, 0.2) is 0 Å². The van der Waals surface area contributed by atoms with Gasteiger partial charge in [0.05, 0.1) is 6.07 Å². The smallest absolute Gasteiger partial charge is 0.236 e. The van der Waals surface area contributed by atoms with E-state index in [9.17, 15) is 9.59 Å². The number of carbonyl (C=O) groups is 2.